The number of carbonyl (C=O) groups excluding carboxylic acids is 3. The summed E-state index contributed by atoms with van der Waals surface area (Å²) < 4.78 is 5.59. The fraction of sp³-hybridized carbons (Fsp3) is 0.154. The van der Waals surface area contributed by atoms with E-state index in [-0.39, 0.29) is 16.4 Å². The van der Waals surface area contributed by atoms with Crippen molar-refractivity contribution in [3.05, 3.63) is 33.1 Å². The zero-order chi connectivity index (χ0) is 16.3. The molecule has 22 heavy (non-hydrogen) atoms. The molecule has 0 bridgehead atoms. The van der Waals surface area contributed by atoms with Crippen LogP contribution < -0.4 is 11.1 Å². The van der Waals surface area contributed by atoms with Crippen LogP contribution in [0.1, 0.15) is 9.67 Å². The molecule has 1 heterocycles. The zero-order valence-corrected chi connectivity index (χ0v) is 13.3. The number of primary amides is 1. The van der Waals surface area contributed by atoms with Crippen molar-refractivity contribution in [2.24, 2.45) is 5.73 Å². The van der Waals surface area contributed by atoms with E-state index in [9.17, 15) is 14.4 Å². The second-order valence-corrected chi connectivity index (χ2v) is 6.07. The maximum Gasteiger partial charge on any atom is 0.350 e. The van der Waals surface area contributed by atoms with E-state index >= 15 is 0 Å². The van der Waals surface area contributed by atoms with E-state index in [1.54, 1.807) is 18.2 Å². The highest BCUT2D eigenvalue weighted by Gasteiger charge is 2.19. The standard InChI is InChI=1S/C13H10Cl2N2O4S/c14-6-1-2-7-8(3-6)22-12(11(7)15)13(20)21-5-10(19)17-4-9(16)18/h1-3H,4-5H2,(H2,16,18)(H,17,19). The lowest BCUT2D eigenvalue weighted by atomic mass is 10.2. The third-order valence-electron chi connectivity index (χ3n) is 2.57. The maximum atomic E-state index is 12.0. The first-order valence-corrected chi connectivity index (χ1v) is 7.55. The Bertz CT molecular complexity index is 760. The Hall–Kier alpha value is -1.83. The summed E-state index contributed by atoms with van der Waals surface area (Å²) in [6.45, 7) is -0.851. The van der Waals surface area contributed by atoms with E-state index in [1.807, 2.05) is 0 Å². The van der Waals surface area contributed by atoms with Crippen LogP contribution in [0.5, 0.6) is 0 Å². The number of rotatable bonds is 5. The lowest BCUT2D eigenvalue weighted by Crippen LogP contribution is -2.35. The summed E-state index contributed by atoms with van der Waals surface area (Å²) in [6, 6.07) is 5.05. The molecule has 2 rings (SSSR count). The minimum atomic E-state index is -0.725. The number of amides is 2. The Morgan fingerprint density at radius 1 is 1.27 bits per heavy atom. The first-order valence-electron chi connectivity index (χ1n) is 5.98. The molecule has 0 saturated carbocycles. The Kier molecular flexibility index (Phi) is 5.23. The number of carbonyl (C=O) groups is 3. The van der Waals surface area contributed by atoms with Crippen molar-refractivity contribution in [3.8, 4) is 0 Å². The zero-order valence-electron chi connectivity index (χ0n) is 11.0. The number of benzene rings is 1. The van der Waals surface area contributed by atoms with E-state index in [0.29, 0.717) is 10.4 Å². The first kappa shape index (κ1) is 16.5. The van der Waals surface area contributed by atoms with Gasteiger partial charge in [0.1, 0.15) is 4.88 Å². The molecule has 2 aromatic rings. The van der Waals surface area contributed by atoms with Crippen molar-refractivity contribution in [1.82, 2.24) is 5.32 Å². The van der Waals surface area contributed by atoms with Gasteiger partial charge in [0.15, 0.2) is 6.61 Å². The Morgan fingerprint density at radius 3 is 2.68 bits per heavy atom. The summed E-state index contributed by atoms with van der Waals surface area (Å²) in [6.07, 6.45) is 0. The van der Waals surface area contributed by atoms with Crippen LogP contribution in [-0.4, -0.2) is 30.9 Å². The van der Waals surface area contributed by atoms with Gasteiger partial charge in [-0.1, -0.05) is 29.3 Å². The van der Waals surface area contributed by atoms with Gasteiger partial charge < -0.3 is 15.8 Å². The van der Waals surface area contributed by atoms with Crippen LogP contribution in [0.3, 0.4) is 0 Å². The molecule has 1 aromatic heterocycles. The van der Waals surface area contributed by atoms with Crippen molar-refractivity contribution in [2.75, 3.05) is 13.2 Å². The molecule has 0 fully saturated rings. The van der Waals surface area contributed by atoms with Gasteiger partial charge in [-0.05, 0) is 12.1 Å². The average molecular weight is 361 g/mol. The summed E-state index contributed by atoms with van der Waals surface area (Å²) in [7, 11) is 0. The van der Waals surface area contributed by atoms with Crippen LogP contribution in [0.4, 0.5) is 0 Å². The van der Waals surface area contributed by atoms with Gasteiger partial charge in [-0.3, -0.25) is 9.59 Å². The molecule has 0 saturated heterocycles. The van der Waals surface area contributed by atoms with Gasteiger partial charge in [0.25, 0.3) is 5.91 Å². The van der Waals surface area contributed by atoms with Gasteiger partial charge >= 0.3 is 5.97 Å². The SMILES string of the molecule is NC(=O)CNC(=O)COC(=O)c1sc2cc(Cl)ccc2c1Cl. The fourth-order valence-corrected chi connectivity index (χ4v) is 3.28. The number of thiophene rings is 1. The molecule has 0 aliphatic carbocycles. The normalized spacial score (nSPS) is 10.5. The molecule has 116 valence electrons. The van der Waals surface area contributed by atoms with Crippen molar-refractivity contribution in [3.63, 3.8) is 0 Å². The second-order valence-electron chi connectivity index (χ2n) is 4.20. The second kappa shape index (κ2) is 6.95. The number of fused-ring (bicyclic) bond motifs is 1. The van der Waals surface area contributed by atoms with Crippen molar-refractivity contribution in [2.45, 2.75) is 0 Å². The molecular formula is C13H10Cl2N2O4S. The van der Waals surface area contributed by atoms with Crippen molar-refractivity contribution < 1.29 is 19.1 Å². The fourth-order valence-electron chi connectivity index (χ4n) is 1.60. The predicted molar refractivity (Wildman–Crippen MR) is 84.3 cm³/mol. The van der Waals surface area contributed by atoms with Crippen LogP contribution in [0.25, 0.3) is 10.1 Å². The van der Waals surface area contributed by atoms with Gasteiger partial charge in [0.05, 0.1) is 11.6 Å². The first-order chi connectivity index (χ1) is 10.4. The Morgan fingerprint density at radius 2 is 2.00 bits per heavy atom. The van der Waals surface area contributed by atoms with Crippen LogP contribution in [0, 0.1) is 0 Å². The van der Waals surface area contributed by atoms with Crippen LogP contribution in [-0.2, 0) is 14.3 Å². The predicted octanol–water partition coefficient (Wildman–Crippen LogP) is 1.97. The van der Waals surface area contributed by atoms with Crippen molar-refractivity contribution >= 4 is 62.4 Å². The average Bonchev–Trinajstić information content (AvgIpc) is 2.79. The highest BCUT2D eigenvalue weighted by Crippen LogP contribution is 2.37. The molecule has 0 atom stereocenters. The maximum absolute atomic E-state index is 12.0. The number of esters is 1. The summed E-state index contributed by atoms with van der Waals surface area (Å²) >= 11 is 13.1. The lowest BCUT2D eigenvalue weighted by molar-refractivity contribution is -0.127. The van der Waals surface area contributed by atoms with E-state index in [4.69, 9.17) is 33.7 Å². The molecule has 0 unspecified atom stereocenters. The van der Waals surface area contributed by atoms with Gasteiger partial charge in [-0.2, -0.15) is 0 Å². The lowest BCUT2D eigenvalue weighted by Gasteiger charge is -2.04. The third-order valence-corrected chi connectivity index (χ3v) is 4.44. The molecule has 0 radical (unpaired) electrons. The molecule has 0 aliphatic rings. The quantitative estimate of drug-likeness (QED) is 0.796. The summed E-state index contributed by atoms with van der Waals surface area (Å²) in [5.74, 6) is -2.05. The molecular weight excluding hydrogens is 351 g/mol. The largest absolute Gasteiger partial charge is 0.451 e. The monoisotopic (exact) mass is 360 g/mol. The number of nitrogens with two attached hydrogens (primary N) is 1. The minimum absolute atomic E-state index is 0.182. The number of nitrogens with one attached hydrogen (secondary N) is 1. The third kappa shape index (κ3) is 3.88. The number of hydrogen-bond acceptors (Lipinski definition) is 5. The number of halogens is 2. The van der Waals surface area contributed by atoms with E-state index < -0.39 is 24.4 Å². The molecule has 9 heteroatoms. The van der Waals surface area contributed by atoms with Gasteiger partial charge in [-0.25, -0.2) is 4.79 Å². The smallest absolute Gasteiger partial charge is 0.350 e. The molecule has 3 N–H and O–H groups in total. The van der Waals surface area contributed by atoms with E-state index in [0.717, 1.165) is 16.0 Å². The van der Waals surface area contributed by atoms with Crippen LogP contribution >= 0.6 is 34.5 Å². The van der Waals surface area contributed by atoms with E-state index in [1.165, 1.54) is 0 Å². The van der Waals surface area contributed by atoms with Crippen molar-refractivity contribution in [1.29, 1.82) is 0 Å². The highest BCUT2D eigenvalue weighted by molar-refractivity contribution is 7.21. The molecule has 0 spiro atoms. The van der Waals surface area contributed by atoms with E-state index in [2.05, 4.69) is 5.32 Å². The highest BCUT2D eigenvalue weighted by atomic mass is 35.5. The molecule has 6 nitrogen and oxygen atoms in total. The number of hydrogen-bond donors (Lipinski definition) is 2. The molecule has 1 aromatic carbocycles. The van der Waals surface area contributed by atoms with Gasteiger partial charge in [-0.15, -0.1) is 11.3 Å². The van der Waals surface area contributed by atoms with Gasteiger partial charge in [0.2, 0.25) is 5.91 Å². The minimum Gasteiger partial charge on any atom is -0.451 e. The summed E-state index contributed by atoms with van der Waals surface area (Å²) in [5, 5.41) is 3.66. The van der Waals surface area contributed by atoms with Gasteiger partial charge in [0, 0.05) is 15.1 Å². The summed E-state index contributed by atoms with van der Waals surface area (Å²) in [5.41, 5.74) is 4.87. The Balaban J connectivity index is 2.05. The molecule has 0 aliphatic heterocycles. The topological polar surface area (TPSA) is 98.5 Å². The molecule has 2 amide bonds. The van der Waals surface area contributed by atoms with Crippen LogP contribution in [0.15, 0.2) is 18.2 Å². The Labute approximate surface area is 139 Å². The summed E-state index contributed by atoms with van der Waals surface area (Å²) in [4.78, 5) is 34.0. The number of ether oxygens (including phenoxy) is 1. The van der Waals surface area contributed by atoms with Crippen LogP contribution in [0.2, 0.25) is 10.0 Å².